The first-order chi connectivity index (χ1) is 34.5. The second-order valence-corrected chi connectivity index (χ2v) is 28.0. The first-order valence-electron chi connectivity index (χ1n) is 27.1. The fourth-order valence-corrected chi connectivity index (χ4v) is 17.1. The van der Waals surface area contributed by atoms with E-state index in [1.165, 1.54) is 13.8 Å². The Labute approximate surface area is 441 Å². The van der Waals surface area contributed by atoms with Gasteiger partial charge in [-0.3, -0.25) is 9.11 Å². The lowest BCUT2D eigenvalue weighted by Crippen LogP contribution is -2.69. The van der Waals surface area contributed by atoms with Gasteiger partial charge >= 0.3 is 20.8 Å². The number of ether oxygens (including phenoxy) is 11. The number of allylic oxidation sites excluding steroid dienone is 1. The predicted octanol–water partition coefficient (Wildman–Crippen LogP) is 5.31. The minimum Gasteiger partial charge on any atom is -0.387 e. The van der Waals surface area contributed by atoms with Gasteiger partial charge in [-0.1, -0.05) is 26.8 Å². The summed E-state index contributed by atoms with van der Waals surface area (Å²) in [6.45, 7) is 16.7. The van der Waals surface area contributed by atoms with Gasteiger partial charge in [-0.2, -0.15) is 16.8 Å². The summed E-state index contributed by atoms with van der Waals surface area (Å²) in [7, 11) is -9.80. The maximum atomic E-state index is 12.3. The maximum absolute atomic E-state index is 12.3. The van der Waals surface area contributed by atoms with Crippen LogP contribution in [0.15, 0.2) is 11.6 Å². The molecule has 11 aliphatic heterocycles. The molecule has 74 heavy (non-hydrogen) atoms. The summed E-state index contributed by atoms with van der Waals surface area (Å²) in [6, 6.07) is 0. The van der Waals surface area contributed by atoms with Crippen LogP contribution in [-0.4, -0.2) is 181 Å². The van der Waals surface area contributed by atoms with Crippen molar-refractivity contribution in [3.05, 3.63) is 11.6 Å². The fraction of sp³-hybridized carbons (Fsp3) is 0.961. The molecular formula is C51H80O20S3. The number of aliphatic hydroxyl groups is 1. The van der Waals surface area contributed by atoms with Gasteiger partial charge in [0.15, 0.2) is 0 Å². The molecule has 20 nitrogen and oxygen atoms in total. The minimum absolute atomic E-state index is 0.0248. The average Bonchev–Trinajstić information content (AvgIpc) is 3.41. The quantitative estimate of drug-likeness (QED) is 0.143. The van der Waals surface area contributed by atoms with Crippen LogP contribution in [0, 0.1) is 11.3 Å². The lowest BCUT2D eigenvalue weighted by Gasteiger charge is -2.59. The van der Waals surface area contributed by atoms with Crippen molar-refractivity contribution >= 4 is 33.4 Å². The van der Waals surface area contributed by atoms with Crippen LogP contribution in [0.4, 0.5) is 0 Å². The molecule has 0 saturated carbocycles. The van der Waals surface area contributed by atoms with Crippen LogP contribution in [-0.2, 0) is 81.3 Å². The lowest BCUT2D eigenvalue weighted by molar-refractivity contribution is -0.347. The molecular weight excluding hydrogens is 1030 g/mol. The van der Waals surface area contributed by atoms with Gasteiger partial charge in [-0.05, 0) is 90.6 Å². The first-order valence-corrected chi connectivity index (χ1v) is 30.4. The molecule has 11 saturated heterocycles. The van der Waals surface area contributed by atoms with Crippen molar-refractivity contribution in [3.8, 4) is 0 Å². The molecule has 25 unspecified atom stereocenters. The summed E-state index contributed by atoms with van der Waals surface area (Å²) in [5.41, 5.74) is -4.39. The number of hydrogen-bond donors (Lipinski definition) is 4. The smallest absolute Gasteiger partial charge is 0.387 e. The molecule has 0 bridgehead atoms. The van der Waals surface area contributed by atoms with E-state index in [0.29, 0.717) is 57.8 Å². The third-order valence-electron chi connectivity index (χ3n) is 19.4. The molecule has 11 aliphatic rings. The molecule has 0 spiro atoms. The highest BCUT2D eigenvalue weighted by Gasteiger charge is 2.64. The topological polar surface area (TPSA) is 249 Å². The van der Waals surface area contributed by atoms with Crippen LogP contribution in [0.3, 0.4) is 0 Å². The van der Waals surface area contributed by atoms with Crippen molar-refractivity contribution in [2.45, 2.75) is 296 Å². The molecule has 11 rings (SSSR count). The number of aliphatic hydroxyl groups excluding tert-OH is 1. The Morgan fingerprint density at radius 2 is 1.12 bits per heavy atom. The van der Waals surface area contributed by atoms with E-state index in [-0.39, 0.29) is 91.3 Å². The molecule has 0 aliphatic carbocycles. The average molecular weight is 1110 g/mol. The first kappa shape index (κ1) is 55.3. The van der Waals surface area contributed by atoms with Crippen molar-refractivity contribution in [3.63, 3.8) is 0 Å². The van der Waals surface area contributed by atoms with Crippen molar-refractivity contribution in [2.24, 2.45) is 11.3 Å². The summed E-state index contributed by atoms with van der Waals surface area (Å²) < 4.78 is 154. The molecule has 0 amide bonds. The van der Waals surface area contributed by atoms with E-state index >= 15 is 0 Å². The number of thiol groups is 1. The van der Waals surface area contributed by atoms with Crippen molar-refractivity contribution in [2.75, 3.05) is 0 Å². The molecule has 3 N–H and O–H groups in total. The molecule has 23 heteroatoms. The largest absolute Gasteiger partial charge is 0.397 e. The van der Waals surface area contributed by atoms with E-state index in [2.05, 4.69) is 33.4 Å². The summed E-state index contributed by atoms with van der Waals surface area (Å²) in [4.78, 5) is 0. The highest BCUT2D eigenvalue weighted by molar-refractivity contribution is 7.81. The van der Waals surface area contributed by atoms with Gasteiger partial charge in [-0.15, -0.1) is 12.6 Å². The van der Waals surface area contributed by atoms with Gasteiger partial charge in [0.1, 0.15) is 29.9 Å². The van der Waals surface area contributed by atoms with Gasteiger partial charge in [0, 0.05) is 51.4 Å². The van der Waals surface area contributed by atoms with Gasteiger partial charge in [-0.25, -0.2) is 8.37 Å². The minimum atomic E-state index is -4.97. The summed E-state index contributed by atoms with van der Waals surface area (Å²) in [5.74, 6) is 0.120. The monoisotopic (exact) mass is 1110 g/mol. The van der Waals surface area contributed by atoms with Crippen LogP contribution in [0.25, 0.3) is 0 Å². The maximum Gasteiger partial charge on any atom is 0.397 e. The number of rotatable bonds is 7. The zero-order chi connectivity index (χ0) is 52.9. The van der Waals surface area contributed by atoms with Crippen LogP contribution in [0.2, 0.25) is 0 Å². The van der Waals surface area contributed by atoms with Crippen LogP contribution < -0.4 is 0 Å². The summed E-state index contributed by atoms with van der Waals surface area (Å²) in [6.07, 6.45) is 0.413. The van der Waals surface area contributed by atoms with Gasteiger partial charge < -0.3 is 57.2 Å². The van der Waals surface area contributed by atoms with Crippen LogP contribution in [0.5, 0.6) is 0 Å². The molecule has 0 aromatic carbocycles. The SMILES string of the molecule is C/C=C1\CC2OC3C(CC2OC1S)OC1CC2OC4CC5OC6CC7OC8CC9OC(C)(C(C)(C)CC(C)(C)OS(=O)(=O)O)C(OS(=O)(=O)O)CC9OC8CC7OC6CCC5(C)OC4(C)CCC(C)C2OC1C3O. The fourth-order valence-electron chi connectivity index (χ4n) is 15.5. The molecule has 422 valence electrons. The molecule has 0 radical (unpaired) electrons. The van der Waals surface area contributed by atoms with Crippen molar-refractivity contribution in [1.29, 1.82) is 0 Å². The van der Waals surface area contributed by atoms with Crippen LogP contribution in [0.1, 0.15) is 146 Å². The van der Waals surface area contributed by atoms with E-state index < -0.39 is 104 Å². The van der Waals surface area contributed by atoms with Crippen molar-refractivity contribution in [1.82, 2.24) is 0 Å². The highest BCUT2D eigenvalue weighted by atomic mass is 32.3. The van der Waals surface area contributed by atoms with E-state index in [4.69, 9.17) is 60.5 Å². The van der Waals surface area contributed by atoms with E-state index in [1.807, 2.05) is 13.0 Å². The van der Waals surface area contributed by atoms with Crippen LogP contribution >= 0.6 is 12.6 Å². The summed E-state index contributed by atoms with van der Waals surface area (Å²) in [5, 5.41) is 11.9. The van der Waals surface area contributed by atoms with E-state index in [0.717, 1.165) is 18.4 Å². The standard InChI is InChI=1S/C51H80O20S3/c1-10-25-15-27-33(66-46(25)72)19-37-44(65-27)42(52)45-38(62-37)20-36-43(67-45)24(2)11-13-49(7)40(64-36)22-39-50(8,70-49)14-12-26-28(63-39)16-30-29(59-26)17-31-32(60-30)18-35-34(61-31)21-41(69-73(53,54)55)51(9,68-35)47(3,4)23-48(5,6)71-74(56,57)58/h10,24,26-46,52,72H,11-23H2,1-9H3,(H,53,54,55)(H,56,57,58)/b25-10+. The zero-order valence-corrected chi connectivity index (χ0v) is 46.5. The molecule has 11 fully saturated rings. The highest BCUT2D eigenvalue weighted by Crippen LogP contribution is 2.55. The number of fused-ring (bicyclic) bond motifs is 10. The molecule has 0 aromatic heterocycles. The Morgan fingerprint density at radius 3 is 1.74 bits per heavy atom. The Morgan fingerprint density at radius 1 is 0.622 bits per heavy atom. The zero-order valence-electron chi connectivity index (χ0n) is 44.0. The Balaban J connectivity index is 0.761. The molecule has 11 heterocycles. The van der Waals surface area contributed by atoms with E-state index in [9.17, 15) is 31.0 Å². The lowest BCUT2D eigenvalue weighted by atomic mass is 9.65. The van der Waals surface area contributed by atoms with Gasteiger partial charge in [0.2, 0.25) is 0 Å². The normalized spacial score (nSPS) is 52.3. The Kier molecular flexibility index (Phi) is 14.6. The van der Waals surface area contributed by atoms with E-state index in [1.54, 1.807) is 20.8 Å². The predicted molar refractivity (Wildman–Crippen MR) is 264 cm³/mol. The van der Waals surface area contributed by atoms with Gasteiger partial charge in [0.05, 0.1) is 120 Å². The second-order valence-electron chi connectivity index (χ2n) is 25.5. The Hall–Kier alpha value is -0.650. The summed E-state index contributed by atoms with van der Waals surface area (Å²) >= 11 is 4.68. The van der Waals surface area contributed by atoms with Gasteiger partial charge in [0.25, 0.3) is 0 Å². The second kappa shape index (κ2) is 19.5. The third-order valence-corrected chi connectivity index (χ3v) is 21.0. The number of hydrogen-bond acceptors (Lipinski definition) is 19. The van der Waals surface area contributed by atoms with Crippen molar-refractivity contribution < 1.29 is 91.5 Å². The molecule has 25 atom stereocenters. The third kappa shape index (κ3) is 10.4. The Bertz CT molecular complexity index is 2360. The molecule has 0 aromatic rings.